The van der Waals surface area contributed by atoms with Crippen molar-refractivity contribution in [2.45, 2.75) is 24.6 Å². The Morgan fingerprint density at radius 2 is 2.17 bits per heavy atom. The molecule has 2 aliphatic heterocycles. The summed E-state index contributed by atoms with van der Waals surface area (Å²) < 4.78 is 20.5. The number of aromatic nitrogens is 2. The Labute approximate surface area is 206 Å². The monoisotopic (exact) mass is 493 g/mol. The van der Waals surface area contributed by atoms with Gasteiger partial charge in [-0.05, 0) is 49.1 Å². The van der Waals surface area contributed by atoms with Gasteiger partial charge in [0.1, 0.15) is 17.7 Å². The van der Waals surface area contributed by atoms with Gasteiger partial charge in [-0.3, -0.25) is 9.69 Å². The van der Waals surface area contributed by atoms with Crippen molar-refractivity contribution in [3.63, 3.8) is 0 Å². The van der Waals surface area contributed by atoms with Crippen LogP contribution in [0.1, 0.15) is 21.5 Å². The van der Waals surface area contributed by atoms with E-state index in [2.05, 4.69) is 20.6 Å². The Hall–Kier alpha value is -3.66. The smallest absolute Gasteiger partial charge is 0.322 e. The molecule has 1 fully saturated rings. The molecule has 0 aliphatic carbocycles. The number of amides is 3. The van der Waals surface area contributed by atoms with Crippen molar-refractivity contribution in [1.82, 2.24) is 20.6 Å². The highest BCUT2D eigenvalue weighted by Gasteiger charge is 2.28. The van der Waals surface area contributed by atoms with E-state index in [4.69, 9.17) is 4.74 Å². The largest absolute Gasteiger partial charge is 0.487 e. The predicted molar refractivity (Wildman–Crippen MR) is 132 cm³/mol. The highest BCUT2D eigenvalue weighted by molar-refractivity contribution is 7.98. The molecule has 0 radical (unpaired) electrons. The number of benzene rings is 2. The number of hydrogen-bond acceptors (Lipinski definition) is 6. The lowest BCUT2D eigenvalue weighted by Gasteiger charge is -2.18. The van der Waals surface area contributed by atoms with Gasteiger partial charge < -0.3 is 15.4 Å². The van der Waals surface area contributed by atoms with E-state index in [1.54, 1.807) is 29.3 Å². The summed E-state index contributed by atoms with van der Waals surface area (Å²) in [5.74, 6) is -0.0548. The SMILES string of the molecule is CSc1nccc(-c2cc(F)cc3c2O[C@@H](CNC(=O)c2ccc(C)c(N4CCNC4=O)c2)C3)n1. The molecule has 8 nitrogen and oxygen atoms in total. The molecule has 0 bridgehead atoms. The molecule has 0 unspecified atom stereocenters. The zero-order valence-electron chi connectivity index (χ0n) is 19.3. The maximum atomic E-state index is 14.4. The number of hydrogen-bond donors (Lipinski definition) is 2. The average Bonchev–Trinajstić information content (AvgIpc) is 3.48. The van der Waals surface area contributed by atoms with Crippen molar-refractivity contribution in [3.8, 4) is 17.0 Å². The third-order valence-electron chi connectivity index (χ3n) is 6.06. The molecule has 0 saturated carbocycles. The molecule has 2 aromatic carbocycles. The number of halogens is 1. The van der Waals surface area contributed by atoms with Gasteiger partial charge in [-0.15, -0.1) is 0 Å². The summed E-state index contributed by atoms with van der Waals surface area (Å²) in [6.07, 6.45) is 3.64. The van der Waals surface area contributed by atoms with E-state index in [0.717, 1.165) is 11.1 Å². The standard InChI is InChI=1S/C25H24FN5O3S/c1-14-3-4-15(11-21(14)31-8-7-28-25(31)33)23(32)29-13-18-10-16-9-17(26)12-19(22(16)34-18)20-5-6-27-24(30-20)35-2/h3-6,9,11-12,18H,7-8,10,13H2,1-2H3,(H,28,33)(H,29,32)/t18-/m1/s1. The number of carbonyl (C=O) groups is 2. The Bertz CT molecular complexity index is 1320. The van der Waals surface area contributed by atoms with Crippen molar-refractivity contribution in [1.29, 1.82) is 0 Å². The van der Waals surface area contributed by atoms with Crippen molar-refractivity contribution >= 4 is 29.4 Å². The number of carbonyl (C=O) groups excluding carboxylic acids is 2. The van der Waals surface area contributed by atoms with Crippen LogP contribution in [-0.4, -0.2) is 53.9 Å². The molecule has 5 rings (SSSR count). The lowest BCUT2D eigenvalue weighted by atomic mass is 10.0. The molecule has 180 valence electrons. The lowest BCUT2D eigenvalue weighted by Crippen LogP contribution is -2.34. The van der Waals surface area contributed by atoms with Crippen LogP contribution in [0.2, 0.25) is 0 Å². The molecule has 2 aliphatic rings. The fraction of sp³-hybridized carbons (Fsp3) is 0.280. The molecule has 3 aromatic rings. The van der Waals surface area contributed by atoms with Gasteiger partial charge in [0.05, 0.1) is 12.2 Å². The van der Waals surface area contributed by atoms with Gasteiger partial charge in [-0.1, -0.05) is 17.8 Å². The third-order valence-corrected chi connectivity index (χ3v) is 6.63. The van der Waals surface area contributed by atoms with Crippen LogP contribution in [0.25, 0.3) is 11.3 Å². The summed E-state index contributed by atoms with van der Waals surface area (Å²) in [6, 6.07) is 9.72. The van der Waals surface area contributed by atoms with Gasteiger partial charge >= 0.3 is 6.03 Å². The third kappa shape index (κ3) is 4.66. The van der Waals surface area contributed by atoms with Crippen LogP contribution in [0.4, 0.5) is 14.9 Å². The number of anilines is 1. The zero-order chi connectivity index (χ0) is 24.5. The molecule has 35 heavy (non-hydrogen) atoms. The minimum Gasteiger partial charge on any atom is -0.487 e. The number of thioether (sulfide) groups is 1. The van der Waals surface area contributed by atoms with E-state index in [0.29, 0.717) is 52.9 Å². The molecule has 1 saturated heterocycles. The Kier molecular flexibility index (Phi) is 6.29. The van der Waals surface area contributed by atoms with Crippen molar-refractivity contribution in [3.05, 3.63) is 65.1 Å². The van der Waals surface area contributed by atoms with Gasteiger partial charge in [0.25, 0.3) is 5.91 Å². The van der Waals surface area contributed by atoms with Gasteiger partial charge in [-0.25, -0.2) is 19.2 Å². The molecular weight excluding hydrogens is 469 g/mol. The number of fused-ring (bicyclic) bond motifs is 1. The second-order valence-corrected chi connectivity index (χ2v) is 9.18. The second kappa shape index (κ2) is 9.53. The van der Waals surface area contributed by atoms with E-state index in [1.807, 2.05) is 19.2 Å². The minimum atomic E-state index is -0.366. The van der Waals surface area contributed by atoms with Gasteiger partial charge in [0.2, 0.25) is 0 Å². The van der Waals surface area contributed by atoms with Crippen LogP contribution in [-0.2, 0) is 6.42 Å². The summed E-state index contributed by atoms with van der Waals surface area (Å²) in [7, 11) is 0. The summed E-state index contributed by atoms with van der Waals surface area (Å²) in [6.45, 7) is 3.29. The van der Waals surface area contributed by atoms with Crippen molar-refractivity contribution in [2.75, 3.05) is 30.8 Å². The van der Waals surface area contributed by atoms with Crippen LogP contribution in [0.3, 0.4) is 0 Å². The summed E-state index contributed by atoms with van der Waals surface area (Å²) in [5.41, 5.74) is 3.98. The molecular formula is C25H24FN5O3S. The quantitative estimate of drug-likeness (QED) is 0.403. The van der Waals surface area contributed by atoms with Crippen LogP contribution in [0, 0.1) is 12.7 Å². The van der Waals surface area contributed by atoms with E-state index < -0.39 is 0 Å². The van der Waals surface area contributed by atoms with Crippen LogP contribution in [0.15, 0.2) is 47.8 Å². The first-order chi connectivity index (χ1) is 16.9. The van der Waals surface area contributed by atoms with Crippen LogP contribution < -0.4 is 20.3 Å². The Balaban J connectivity index is 1.30. The van der Waals surface area contributed by atoms with E-state index in [9.17, 15) is 14.0 Å². The van der Waals surface area contributed by atoms with E-state index in [1.165, 1.54) is 23.9 Å². The van der Waals surface area contributed by atoms with Gasteiger partial charge in [-0.2, -0.15) is 0 Å². The Morgan fingerprint density at radius 3 is 2.94 bits per heavy atom. The maximum absolute atomic E-state index is 14.4. The highest BCUT2D eigenvalue weighted by atomic mass is 32.2. The Morgan fingerprint density at radius 1 is 1.31 bits per heavy atom. The normalized spacial score (nSPS) is 16.6. The van der Waals surface area contributed by atoms with Gasteiger partial charge in [0, 0.05) is 48.1 Å². The lowest BCUT2D eigenvalue weighted by molar-refractivity contribution is 0.0933. The summed E-state index contributed by atoms with van der Waals surface area (Å²) >= 11 is 1.41. The molecule has 2 N–H and O–H groups in total. The summed E-state index contributed by atoms with van der Waals surface area (Å²) in [5, 5.41) is 6.28. The topological polar surface area (TPSA) is 96.5 Å². The highest BCUT2D eigenvalue weighted by Crippen LogP contribution is 2.39. The van der Waals surface area contributed by atoms with Crippen LogP contribution in [0.5, 0.6) is 5.75 Å². The number of nitrogens with one attached hydrogen (secondary N) is 2. The number of rotatable bonds is 6. The number of urea groups is 1. The first-order valence-corrected chi connectivity index (χ1v) is 12.5. The van der Waals surface area contributed by atoms with Gasteiger partial charge in [0.15, 0.2) is 5.16 Å². The number of nitrogens with zero attached hydrogens (tertiary/aromatic N) is 3. The minimum absolute atomic E-state index is 0.167. The zero-order valence-corrected chi connectivity index (χ0v) is 20.1. The molecule has 10 heteroatoms. The van der Waals surface area contributed by atoms with E-state index >= 15 is 0 Å². The molecule has 0 spiro atoms. The average molecular weight is 494 g/mol. The van der Waals surface area contributed by atoms with Crippen LogP contribution >= 0.6 is 11.8 Å². The van der Waals surface area contributed by atoms with Crippen molar-refractivity contribution < 1.29 is 18.7 Å². The second-order valence-electron chi connectivity index (χ2n) is 8.41. The number of aryl methyl sites for hydroxylation is 1. The predicted octanol–water partition coefficient (Wildman–Crippen LogP) is 3.58. The molecule has 3 heterocycles. The maximum Gasteiger partial charge on any atom is 0.322 e. The fourth-order valence-electron chi connectivity index (χ4n) is 4.34. The molecule has 3 amide bonds. The first-order valence-electron chi connectivity index (χ1n) is 11.2. The number of ether oxygens (including phenoxy) is 1. The first kappa shape index (κ1) is 23.1. The fourth-order valence-corrected chi connectivity index (χ4v) is 4.70. The van der Waals surface area contributed by atoms with Crippen molar-refractivity contribution in [2.24, 2.45) is 0 Å². The van der Waals surface area contributed by atoms with E-state index in [-0.39, 0.29) is 30.4 Å². The summed E-state index contributed by atoms with van der Waals surface area (Å²) in [4.78, 5) is 35.2. The molecule has 1 atom stereocenters. The molecule has 1 aromatic heterocycles.